The fourth-order valence-electron chi connectivity index (χ4n) is 0.824. The smallest absolute Gasteiger partial charge is 0.311 e. The van der Waals surface area contributed by atoms with Gasteiger partial charge in [-0.25, -0.2) is 0 Å². The van der Waals surface area contributed by atoms with Crippen LogP contribution in [-0.2, 0) is 9.53 Å². The third-order valence-corrected chi connectivity index (χ3v) is 1.17. The summed E-state index contributed by atoms with van der Waals surface area (Å²) in [6.45, 7) is 2.65. The van der Waals surface area contributed by atoms with Gasteiger partial charge in [0.1, 0.15) is 0 Å². The van der Waals surface area contributed by atoms with Gasteiger partial charge < -0.3 is 15.0 Å². The minimum absolute atomic E-state index is 0.103. The zero-order valence-electron chi connectivity index (χ0n) is 7.89. The summed E-state index contributed by atoms with van der Waals surface area (Å²) in [5.41, 5.74) is 0.387. The molecule has 0 heterocycles. The molecule has 0 saturated carbocycles. The summed E-state index contributed by atoms with van der Waals surface area (Å²) in [7, 11) is 3.72. The normalized spacial score (nSPS) is 10.0. The van der Waals surface area contributed by atoms with Crippen LogP contribution in [0.1, 0.15) is 13.3 Å². The van der Waals surface area contributed by atoms with Crippen LogP contribution in [-0.4, -0.2) is 43.8 Å². The lowest BCUT2D eigenvalue weighted by molar-refractivity contribution is -0.141. The minimum atomic E-state index is -0.315. The van der Waals surface area contributed by atoms with Crippen molar-refractivity contribution in [2.45, 2.75) is 13.3 Å². The Balaban J connectivity index is 3.62. The Morgan fingerprint density at radius 2 is 2.08 bits per heavy atom. The first kappa shape index (κ1) is 11.1. The highest BCUT2D eigenvalue weighted by Crippen LogP contribution is 1.90. The summed E-state index contributed by atoms with van der Waals surface area (Å²) in [6, 6.07) is 0. The molecule has 0 amide bonds. The van der Waals surface area contributed by atoms with Crippen molar-refractivity contribution in [3.63, 3.8) is 0 Å². The standard InChI is InChI=1S/C8H16N2O2/c1-4-12-8(11)5-7(9)6-10(2)3/h9H,4-6H2,1-3H3. The van der Waals surface area contributed by atoms with Crippen molar-refractivity contribution in [2.75, 3.05) is 27.2 Å². The minimum Gasteiger partial charge on any atom is -0.466 e. The Kier molecular flexibility index (Phi) is 5.28. The van der Waals surface area contributed by atoms with E-state index in [-0.39, 0.29) is 12.4 Å². The molecule has 0 atom stereocenters. The Morgan fingerprint density at radius 1 is 1.50 bits per heavy atom. The molecule has 0 fully saturated rings. The lowest BCUT2D eigenvalue weighted by Crippen LogP contribution is -2.23. The van der Waals surface area contributed by atoms with Crippen molar-refractivity contribution in [1.29, 1.82) is 5.41 Å². The predicted octanol–water partition coefficient (Wildman–Crippen LogP) is 0.521. The molecule has 12 heavy (non-hydrogen) atoms. The Morgan fingerprint density at radius 3 is 2.50 bits per heavy atom. The molecule has 0 aliphatic heterocycles. The van der Waals surface area contributed by atoms with Crippen LogP contribution in [0.3, 0.4) is 0 Å². The van der Waals surface area contributed by atoms with Gasteiger partial charge in [-0.05, 0) is 21.0 Å². The first-order valence-corrected chi connectivity index (χ1v) is 3.93. The van der Waals surface area contributed by atoms with Crippen molar-refractivity contribution in [1.82, 2.24) is 4.90 Å². The van der Waals surface area contributed by atoms with E-state index in [9.17, 15) is 4.79 Å². The Labute approximate surface area is 73.0 Å². The number of esters is 1. The first-order valence-electron chi connectivity index (χ1n) is 3.93. The summed E-state index contributed by atoms with van der Waals surface area (Å²) in [5, 5.41) is 7.39. The van der Waals surface area contributed by atoms with E-state index in [1.165, 1.54) is 0 Å². The van der Waals surface area contributed by atoms with Gasteiger partial charge in [-0.15, -0.1) is 0 Å². The molecule has 4 nitrogen and oxygen atoms in total. The molecule has 0 radical (unpaired) electrons. The third-order valence-electron chi connectivity index (χ3n) is 1.17. The second kappa shape index (κ2) is 5.71. The maximum atomic E-state index is 10.9. The summed E-state index contributed by atoms with van der Waals surface area (Å²) < 4.78 is 4.70. The van der Waals surface area contributed by atoms with Crippen LogP contribution in [0.5, 0.6) is 0 Å². The number of hydrogen-bond acceptors (Lipinski definition) is 4. The van der Waals surface area contributed by atoms with Gasteiger partial charge in [-0.1, -0.05) is 0 Å². The van der Waals surface area contributed by atoms with Crippen LogP contribution >= 0.6 is 0 Å². The SMILES string of the molecule is CCOC(=O)CC(=N)CN(C)C. The van der Waals surface area contributed by atoms with Gasteiger partial charge in [0, 0.05) is 12.3 Å². The molecule has 0 aliphatic rings. The third kappa shape index (κ3) is 5.85. The highest BCUT2D eigenvalue weighted by atomic mass is 16.5. The van der Waals surface area contributed by atoms with Crippen LogP contribution < -0.4 is 0 Å². The monoisotopic (exact) mass is 172 g/mol. The largest absolute Gasteiger partial charge is 0.466 e. The summed E-state index contributed by atoms with van der Waals surface area (Å²) in [6.07, 6.45) is 0.103. The van der Waals surface area contributed by atoms with Crippen molar-refractivity contribution in [2.24, 2.45) is 0 Å². The molecule has 0 aliphatic carbocycles. The number of rotatable bonds is 5. The zero-order chi connectivity index (χ0) is 9.56. The van der Waals surface area contributed by atoms with Gasteiger partial charge in [0.25, 0.3) is 0 Å². The van der Waals surface area contributed by atoms with Crippen LogP contribution in [0, 0.1) is 5.41 Å². The molecule has 0 rings (SSSR count). The van der Waals surface area contributed by atoms with Crippen LogP contribution in [0.25, 0.3) is 0 Å². The molecule has 0 aromatic heterocycles. The summed E-state index contributed by atoms with van der Waals surface area (Å²) in [4.78, 5) is 12.7. The Hall–Kier alpha value is -0.900. The highest BCUT2D eigenvalue weighted by Gasteiger charge is 2.06. The number of nitrogens with one attached hydrogen (secondary N) is 1. The predicted molar refractivity (Wildman–Crippen MR) is 47.5 cm³/mol. The molecule has 0 aromatic carbocycles. The van der Waals surface area contributed by atoms with E-state index < -0.39 is 0 Å². The molecule has 0 unspecified atom stereocenters. The van der Waals surface area contributed by atoms with Crippen LogP contribution in [0.2, 0.25) is 0 Å². The average molecular weight is 172 g/mol. The van der Waals surface area contributed by atoms with E-state index in [1.807, 2.05) is 19.0 Å². The lowest BCUT2D eigenvalue weighted by atomic mass is 10.2. The lowest BCUT2D eigenvalue weighted by Gasteiger charge is -2.09. The number of carbonyl (C=O) groups excluding carboxylic acids is 1. The summed E-state index contributed by atoms with van der Waals surface area (Å²) in [5.74, 6) is -0.315. The molecule has 70 valence electrons. The van der Waals surface area contributed by atoms with Gasteiger partial charge in [0.15, 0.2) is 0 Å². The molecular formula is C8H16N2O2. The van der Waals surface area contributed by atoms with Crippen LogP contribution in [0.15, 0.2) is 0 Å². The fraction of sp³-hybridized carbons (Fsp3) is 0.750. The van der Waals surface area contributed by atoms with Crippen molar-refractivity contribution >= 4 is 11.7 Å². The number of carbonyl (C=O) groups is 1. The average Bonchev–Trinajstić information content (AvgIpc) is 1.84. The fourth-order valence-corrected chi connectivity index (χ4v) is 0.824. The number of nitrogens with zero attached hydrogens (tertiary/aromatic N) is 1. The topological polar surface area (TPSA) is 53.4 Å². The maximum Gasteiger partial charge on any atom is 0.311 e. The van der Waals surface area contributed by atoms with Gasteiger partial charge in [-0.3, -0.25) is 4.79 Å². The van der Waals surface area contributed by atoms with E-state index in [0.29, 0.717) is 18.9 Å². The van der Waals surface area contributed by atoms with Crippen molar-refractivity contribution in [3.8, 4) is 0 Å². The van der Waals surface area contributed by atoms with Gasteiger partial charge in [0.05, 0.1) is 13.0 Å². The van der Waals surface area contributed by atoms with Crippen molar-refractivity contribution < 1.29 is 9.53 Å². The molecule has 4 heteroatoms. The zero-order valence-corrected chi connectivity index (χ0v) is 7.89. The molecule has 0 saturated heterocycles. The highest BCUT2D eigenvalue weighted by molar-refractivity contribution is 5.98. The van der Waals surface area contributed by atoms with Crippen LogP contribution in [0.4, 0.5) is 0 Å². The van der Waals surface area contributed by atoms with Gasteiger partial charge >= 0.3 is 5.97 Å². The van der Waals surface area contributed by atoms with E-state index in [4.69, 9.17) is 10.1 Å². The molecular weight excluding hydrogens is 156 g/mol. The van der Waals surface area contributed by atoms with Crippen molar-refractivity contribution in [3.05, 3.63) is 0 Å². The van der Waals surface area contributed by atoms with E-state index >= 15 is 0 Å². The van der Waals surface area contributed by atoms with Gasteiger partial charge in [0.2, 0.25) is 0 Å². The van der Waals surface area contributed by atoms with E-state index in [1.54, 1.807) is 6.92 Å². The summed E-state index contributed by atoms with van der Waals surface area (Å²) >= 11 is 0. The first-order chi connectivity index (χ1) is 5.56. The Bertz CT molecular complexity index is 166. The molecule has 0 aromatic rings. The second-order valence-electron chi connectivity index (χ2n) is 2.82. The molecule has 1 N–H and O–H groups in total. The molecule has 0 spiro atoms. The number of hydrogen-bond donors (Lipinski definition) is 1. The van der Waals surface area contributed by atoms with E-state index in [2.05, 4.69) is 0 Å². The molecule has 0 bridgehead atoms. The van der Waals surface area contributed by atoms with Gasteiger partial charge in [-0.2, -0.15) is 0 Å². The van der Waals surface area contributed by atoms with E-state index in [0.717, 1.165) is 0 Å². The quantitative estimate of drug-likeness (QED) is 0.486. The maximum absolute atomic E-state index is 10.9. The number of ether oxygens (including phenoxy) is 1. The second-order valence-corrected chi connectivity index (χ2v) is 2.82.